The molecule has 1 heterocycles. The van der Waals surface area contributed by atoms with E-state index in [4.69, 9.17) is 4.28 Å². The first-order valence-electron chi connectivity index (χ1n) is 8.43. The summed E-state index contributed by atoms with van der Waals surface area (Å²) in [6.07, 6.45) is 1.71. The second kappa shape index (κ2) is 5.48. The number of hydrogen-bond donors (Lipinski definition) is 0. The third-order valence-corrected chi connectivity index (χ3v) is 6.28. The van der Waals surface area contributed by atoms with Crippen molar-refractivity contribution in [3.63, 3.8) is 0 Å². The molecule has 1 aliphatic carbocycles. The highest BCUT2D eigenvalue weighted by Gasteiger charge is 2.40. The number of aryl methyl sites for hydroxylation is 2. The molecule has 0 atom stereocenters. The summed E-state index contributed by atoms with van der Waals surface area (Å²) in [5, 5.41) is 1.77. The highest BCUT2D eigenvalue weighted by molar-refractivity contribution is 7.87. The molecule has 0 fully saturated rings. The number of imide groups is 1. The van der Waals surface area contributed by atoms with Crippen LogP contribution in [-0.4, -0.2) is 25.3 Å². The van der Waals surface area contributed by atoms with Crippen LogP contribution in [0.15, 0.2) is 59.5 Å². The van der Waals surface area contributed by atoms with Crippen LogP contribution >= 0.6 is 0 Å². The van der Waals surface area contributed by atoms with Crippen molar-refractivity contribution in [3.05, 3.63) is 76.9 Å². The van der Waals surface area contributed by atoms with Crippen molar-refractivity contribution in [2.75, 3.05) is 0 Å². The van der Waals surface area contributed by atoms with E-state index in [0.717, 1.165) is 29.4 Å². The molecule has 27 heavy (non-hydrogen) atoms. The minimum Gasteiger partial charge on any atom is -0.266 e. The Labute approximate surface area is 155 Å². The molecule has 0 spiro atoms. The molecule has 3 aromatic rings. The molecule has 2 amide bonds. The fraction of sp³-hybridized carbons (Fsp3) is 0.100. The van der Waals surface area contributed by atoms with Gasteiger partial charge in [0.2, 0.25) is 0 Å². The van der Waals surface area contributed by atoms with Crippen LogP contribution in [-0.2, 0) is 27.2 Å². The van der Waals surface area contributed by atoms with Gasteiger partial charge in [-0.25, -0.2) is 0 Å². The molecule has 2 aliphatic rings. The zero-order chi connectivity index (χ0) is 18.8. The molecule has 0 N–H and O–H groups in total. The van der Waals surface area contributed by atoms with Gasteiger partial charge in [0.05, 0.1) is 11.1 Å². The van der Waals surface area contributed by atoms with Crippen molar-refractivity contribution >= 4 is 32.7 Å². The maximum absolute atomic E-state index is 12.9. The van der Waals surface area contributed by atoms with E-state index in [-0.39, 0.29) is 16.0 Å². The maximum atomic E-state index is 12.9. The largest absolute Gasteiger partial charge is 0.318 e. The van der Waals surface area contributed by atoms with E-state index >= 15 is 0 Å². The van der Waals surface area contributed by atoms with Crippen molar-refractivity contribution < 1.29 is 22.3 Å². The fourth-order valence-corrected chi connectivity index (χ4v) is 4.90. The summed E-state index contributed by atoms with van der Waals surface area (Å²) in [7, 11) is -4.38. The molecule has 0 saturated carbocycles. The summed E-state index contributed by atoms with van der Waals surface area (Å²) >= 11 is 0. The Hall–Kier alpha value is -3.03. The number of amides is 2. The summed E-state index contributed by atoms with van der Waals surface area (Å²) in [6.45, 7) is 0. The zero-order valence-electron chi connectivity index (χ0n) is 14.0. The number of carbonyl (C=O) groups is 2. The molecule has 3 aromatic carbocycles. The zero-order valence-corrected chi connectivity index (χ0v) is 14.8. The lowest BCUT2D eigenvalue weighted by atomic mass is 10.1. The van der Waals surface area contributed by atoms with Gasteiger partial charge in [-0.3, -0.25) is 9.59 Å². The van der Waals surface area contributed by atoms with E-state index in [1.807, 2.05) is 6.07 Å². The van der Waals surface area contributed by atoms with E-state index < -0.39 is 21.9 Å². The Morgan fingerprint density at radius 3 is 2.07 bits per heavy atom. The second-order valence-electron chi connectivity index (χ2n) is 6.54. The highest BCUT2D eigenvalue weighted by Crippen LogP contribution is 2.35. The predicted molar refractivity (Wildman–Crippen MR) is 96.6 cm³/mol. The van der Waals surface area contributed by atoms with Crippen molar-refractivity contribution in [1.29, 1.82) is 0 Å². The van der Waals surface area contributed by atoms with Gasteiger partial charge in [0, 0.05) is 5.39 Å². The lowest BCUT2D eigenvalue weighted by Crippen LogP contribution is -2.32. The number of benzene rings is 3. The van der Waals surface area contributed by atoms with E-state index in [0.29, 0.717) is 10.4 Å². The van der Waals surface area contributed by atoms with E-state index in [1.54, 1.807) is 30.3 Å². The molecule has 134 valence electrons. The Bertz CT molecular complexity index is 1220. The molecule has 0 bridgehead atoms. The first-order chi connectivity index (χ1) is 13.0. The number of hydrogen-bond acceptors (Lipinski definition) is 5. The summed E-state index contributed by atoms with van der Waals surface area (Å²) in [5.74, 6) is -1.57. The normalized spacial score (nSPS) is 15.6. The van der Waals surface area contributed by atoms with Crippen molar-refractivity contribution in [3.8, 4) is 0 Å². The molecule has 0 saturated heterocycles. The number of nitrogens with zero attached hydrogens (tertiary/aromatic N) is 1. The third kappa shape index (κ3) is 2.25. The van der Waals surface area contributed by atoms with Crippen LogP contribution in [0.4, 0.5) is 0 Å². The molecular formula is C20H13NO5S. The number of hydroxylamine groups is 2. The van der Waals surface area contributed by atoms with Gasteiger partial charge in [-0.2, -0.15) is 8.42 Å². The summed E-state index contributed by atoms with van der Waals surface area (Å²) in [4.78, 5) is 24.8. The first kappa shape index (κ1) is 16.2. The van der Waals surface area contributed by atoms with Gasteiger partial charge >= 0.3 is 10.1 Å². The summed E-state index contributed by atoms with van der Waals surface area (Å²) < 4.78 is 30.8. The van der Waals surface area contributed by atoms with Gasteiger partial charge in [-0.05, 0) is 47.6 Å². The lowest BCUT2D eigenvalue weighted by Gasteiger charge is -2.15. The van der Waals surface area contributed by atoms with Gasteiger partial charge in [-0.15, -0.1) is 9.35 Å². The standard InChI is InChI=1S/C20H13NO5S/c22-19-14-5-1-2-6-15(14)20(23)21(19)26-27(24,25)17-11-10-13-9-8-12-4-3-7-16(17)18(12)13/h1-7,10-11H,8-9H2. The van der Waals surface area contributed by atoms with Gasteiger partial charge in [0.1, 0.15) is 4.90 Å². The molecule has 0 radical (unpaired) electrons. The van der Waals surface area contributed by atoms with Crippen LogP contribution in [0.5, 0.6) is 0 Å². The molecule has 0 aromatic heterocycles. The average Bonchev–Trinajstić information content (AvgIpc) is 3.19. The molecule has 1 aliphatic heterocycles. The highest BCUT2D eigenvalue weighted by atomic mass is 32.2. The Morgan fingerprint density at radius 2 is 1.41 bits per heavy atom. The molecule has 0 unspecified atom stereocenters. The fourth-order valence-electron chi connectivity index (χ4n) is 3.81. The third-order valence-electron chi connectivity index (χ3n) is 5.04. The van der Waals surface area contributed by atoms with Crippen LogP contribution < -0.4 is 0 Å². The minimum absolute atomic E-state index is 0.0541. The Balaban J connectivity index is 1.59. The predicted octanol–water partition coefficient (Wildman–Crippen LogP) is 2.85. The Kier molecular flexibility index (Phi) is 3.28. The van der Waals surface area contributed by atoms with Crippen molar-refractivity contribution in [2.45, 2.75) is 17.7 Å². The van der Waals surface area contributed by atoms with Gasteiger partial charge in [0.25, 0.3) is 11.8 Å². The molecular weight excluding hydrogens is 366 g/mol. The minimum atomic E-state index is -4.38. The smallest absolute Gasteiger partial charge is 0.266 e. The Morgan fingerprint density at radius 1 is 0.778 bits per heavy atom. The van der Waals surface area contributed by atoms with Gasteiger partial charge in [-0.1, -0.05) is 36.4 Å². The maximum Gasteiger partial charge on any atom is 0.318 e. The first-order valence-corrected chi connectivity index (χ1v) is 9.84. The van der Waals surface area contributed by atoms with Crippen molar-refractivity contribution in [1.82, 2.24) is 5.06 Å². The van der Waals surface area contributed by atoms with E-state index in [9.17, 15) is 18.0 Å². The number of fused-ring (bicyclic) bond motifs is 1. The molecule has 6 nitrogen and oxygen atoms in total. The SMILES string of the molecule is O=C1c2ccccc2C(=O)N1OS(=O)(=O)c1ccc2c3c(cccc13)CC2. The van der Waals surface area contributed by atoms with Crippen LogP contribution in [0.25, 0.3) is 10.8 Å². The van der Waals surface area contributed by atoms with Gasteiger partial charge < -0.3 is 0 Å². The van der Waals surface area contributed by atoms with Crippen LogP contribution in [0.1, 0.15) is 31.8 Å². The van der Waals surface area contributed by atoms with Crippen LogP contribution in [0, 0.1) is 0 Å². The number of rotatable bonds is 3. The topological polar surface area (TPSA) is 80.8 Å². The van der Waals surface area contributed by atoms with E-state index in [1.165, 1.54) is 18.2 Å². The average molecular weight is 379 g/mol. The molecule has 7 heteroatoms. The molecule has 5 rings (SSSR count). The summed E-state index contributed by atoms with van der Waals surface area (Å²) in [5.41, 5.74) is 2.41. The van der Waals surface area contributed by atoms with Gasteiger partial charge in [0.15, 0.2) is 0 Å². The summed E-state index contributed by atoms with van der Waals surface area (Å²) in [6, 6.07) is 14.9. The second-order valence-corrected chi connectivity index (χ2v) is 8.04. The van der Waals surface area contributed by atoms with Crippen LogP contribution in [0.3, 0.4) is 0 Å². The van der Waals surface area contributed by atoms with E-state index in [2.05, 4.69) is 0 Å². The van der Waals surface area contributed by atoms with Crippen molar-refractivity contribution in [2.24, 2.45) is 0 Å². The lowest BCUT2D eigenvalue weighted by molar-refractivity contribution is -0.0103. The quantitative estimate of drug-likeness (QED) is 0.654. The van der Waals surface area contributed by atoms with Crippen LogP contribution in [0.2, 0.25) is 0 Å². The number of carbonyl (C=O) groups excluding carboxylic acids is 2. The monoisotopic (exact) mass is 379 g/mol.